The van der Waals surface area contributed by atoms with E-state index in [9.17, 15) is 18.3 Å². The zero-order valence-electron chi connectivity index (χ0n) is 18.2. The van der Waals surface area contributed by atoms with Crippen LogP contribution in [0.2, 0.25) is 10.0 Å². The first-order chi connectivity index (χ1) is 16.3. The fourth-order valence-corrected chi connectivity index (χ4v) is 7.29. The van der Waals surface area contributed by atoms with Crippen molar-refractivity contribution in [3.8, 4) is 5.75 Å². The van der Waals surface area contributed by atoms with Gasteiger partial charge in [0.15, 0.2) is 11.6 Å². The molecule has 0 spiro atoms. The fraction of sp³-hybridized carbons (Fsp3) is 0.455. The van der Waals surface area contributed by atoms with E-state index in [0.717, 1.165) is 19.3 Å². The summed E-state index contributed by atoms with van der Waals surface area (Å²) in [4.78, 5) is 17.2. The Bertz CT molecular complexity index is 1200. The van der Waals surface area contributed by atoms with Crippen LogP contribution in [0.25, 0.3) is 0 Å². The molecule has 1 saturated heterocycles. The minimum Gasteiger partial charge on any atom is -0.482 e. The Morgan fingerprint density at radius 3 is 2.44 bits per heavy atom. The third kappa shape index (κ3) is 4.22. The van der Waals surface area contributed by atoms with Crippen molar-refractivity contribution in [1.29, 1.82) is 0 Å². The highest BCUT2D eigenvalue weighted by molar-refractivity contribution is 7.90. The van der Waals surface area contributed by atoms with Crippen LogP contribution in [0.15, 0.2) is 30.3 Å². The van der Waals surface area contributed by atoms with Gasteiger partial charge in [-0.15, -0.1) is 0 Å². The molecule has 9 nitrogen and oxygen atoms in total. The van der Waals surface area contributed by atoms with Crippen LogP contribution in [0.4, 0.5) is 11.6 Å². The second kappa shape index (κ2) is 9.16. The first-order valence-electron chi connectivity index (χ1n) is 11.1. The fourth-order valence-electron chi connectivity index (χ4n) is 4.98. The predicted molar refractivity (Wildman–Crippen MR) is 129 cm³/mol. The van der Waals surface area contributed by atoms with Crippen molar-refractivity contribution in [2.24, 2.45) is 11.8 Å². The summed E-state index contributed by atoms with van der Waals surface area (Å²) in [6.07, 6.45) is 2.48. The molecule has 2 N–H and O–H groups in total. The van der Waals surface area contributed by atoms with E-state index in [1.165, 1.54) is 20.7 Å². The number of nitrogens with one attached hydrogen (secondary N) is 1. The largest absolute Gasteiger partial charge is 0.482 e. The van der Waals surface area contributed by atoms with E-state index in [1.54, 1.807) is 18.2 Å². The number of carbonyl (C=O) groups excluding carboxylic acids is 1. The lowest BCUT2D eigenvalue weighted by Gasteiger charge is -2.36. The molecule has 2 aliphatic heterocycles. The number of aliphatic hydroxyl groups excluding tert-OH is 1. The Kier molecular flexibility index (Phi) is 6.36. The molecule has 0 radical (unpaired) electrons. The molecule has 182 valence electrons. The molecule has 0 bridgehead atoms. The van der Waals surface area contributed by atoms with Gasteiger partial charge >= 0.3 is 10.2 Å². The number of halogens is 2. The monoisotopic (exact) mass is 526 g/mol. The Morgan fingerprint density at radius 2 is 1.79 bits per heavy atom. The van der Waals surface area contributed by atoms with Crippen LogP contribution in [0.5, 0.6) is 5.75 Å². The van der Waals surface area contributed by atoms with E-state index in [4.69, 9.17) is 27.9 Å². The van der Waals surface area contributed by atoms with Gasteiger partial charge in [0.25, 0.3) is 5.91 Å². The average Bonchev–Trinajstić information content (AvgIpc) is 3.41. The molecule has 5 rings (SSSR count). The number of carbonyl (C=O) groups is 1. The van der Waals surface area contributed by atoms with Crippen LogP contribution in [-0.4, -0.2) is 61.1 Å². The summed E-state index contributed by atoms with van der Waals surface area (Å²) in [6.45, 7) is 0.522. The number of amides is 1. The smallest absolute Gasteiger partial charge is 0.305 e. The van der Waals surface area contributed by atoms with Crippen molar-refractivity contribution in [1.82, 2.24) is 9.29 Å². The van der Waals surface area contributed by atoms with Crippen LogP contribution >= 0.6 is 23.2 Å². The first-order valence-corrected chi connectivity index (χ1v) is 13.2. The number of aliphatic hydroxyl groups is 1. The molecule has 1 saturated carbocycles. The minimum atomic E-state index is -3.91. The van der Waals surface area contributed by atoms with Gasteiger partial charge in [0.05, 0.1) is 28.8 Å². The Labute approximate surface area is 207 Å². The second-order valence-corrected chi connectivity index (χ2v) is 11.5. The zero-order valence-corrected chi connectivity index (χ0v) is 20.5. The lowest BCUT2D eigenvalue weighted by molar-refractivity contribution is 0.102. The maximum atomic E-state index is 13.6. The molecule has 12 heteroatoms. The Hall–Kier alpha value is -2.11. The summed E-state index contributed by atoms with van der Waals surface area (Å²) in [5.74, 6) is 0.566. The molecule has 1 aromatic carbocycles. The quantitative estimate of drug-likeness (QED) is 0.618. The molecule has 2 unspecified atom stereocenters. The molecule has 3 atom stereocenters. The molecule has 2 fully saturated rings. The second-order valence-electron chi connectivity index (χ2n) is 8.80. The maximum absolute atomic E-state index is 13.6. The SMILES string of the molecule is O=C(Nc1ccc2c(n1)N(S(=O)(=O)N1CC3CCCC3C1)C[C@H](CO)O2)c1c(Cl)cccc1Cl. The molecule has 1 aliphatic carbocycles. The number of fused-ring (bicyclic) bond motifs is 2. The number of hydrogen-bond donors (Lipinski definition) is 2. The van der Waals surface area contributed by atoms with Crippen molar-refractivity contribution in [2.45, 2.75) is 25.4 Å². The van der Waals surface area contributed by atoms with Gasteiger partial charge in [-0.25, -0.2) is 9.29 Å². The van der Waals surface area contributed by atoms with Crippen molar-refractivity contribution < 1.29 is 23.1 Å². The van der Waals surface area contributed by atoms with Crippen molar-refractivity contribution in [3.05, 3.63) is 45.9 Å². The van der Waals surface area contributed by atoms with Gasteiger partial charge in [-0.05, 0) is 48.9 Å². The maximum Gasteiger partial charge on any atom is 0.305 e. The van der Waals surface area contributed by atoms with Gasteiger partial charge in [-0.1, -0.05) is 35.7 Å². The molecule has 3 aliphatic rings. The lowest BCUT2D eigenvalue weighted by atomic mass is 10.0. The van der Waals surface area contributed by atoms with Gasteiger partial charge in [0, 0.05) is 13.1 Å². The summed E-state index contributed by atoms with van der Waals surface area (Å²) in [5, 5.41) is 12.7. The normalized spacial score (nSPS) is 24.4. The number of benzene rings is 1. The van der Waals surface area contributed by atoms with Crippen LogP contribution < -0.4 is 14.4 Å². The summed E-state index contributed by atoms with van der Waals surface area (Å²) in [5.41, 5.74) is 0.0926. The van der Waals surface area contributed by atoms with E-state index in [2.05, 4.69) is 10.3 Å². The minimum absolute atomic E-state index is 0.0600. The van der Waals surface area contributed by atoms with Gasteiger partial charge < -0.3 is 15.2 Å². The van der Waals surface area contributed by atoms with Gasteiger partial charge in [-0.2, -0.15) is 12.7 Å². The summed E-state index contributed by atoms with van der Waals surface area (Å²) in [7, 11) is -3.91. The number of nitrogens with zero attached hydrogens (tertiary/aromatic N) is 3. The van der Waals surface area contributed by atoms with Crippen molar-refractivity contribution >= 4 is 51.0 Å². The molecular weight excluding hydrogens is 503 g/mol. The summed E-state index contributed by atoms with van der Waals surface area (Å²) in [6, 6.07) is 7.74. The van der Waals surface area contributed by atoms with E-state index in [-0.39, 0.29) is 46.1 Å². The van der Waals surface area contributed by atoms with E-state index >= 15 is 0 Å². The molecule has 1 amide bonds. The van der Waals surface area contributed by atoms with Crippen molar-refractivity contribution in [2.75, 3.05) is 35.9 Å². The van der Waals surface area contributed by atoms with E-state index < -0.39 is 22.2 Å². The van der Waals surface area contributed by atoms with Gasteiger partial charge in [0.1, 0.15) is 11.9 Å². The van der Waals surface area contributed by atoms with E-state index in [0.29, 0.717) is 24.9 Å². The van der Waals surface area contributed by atoms with E-state index in [1.807, 2.05) is 0 Å². The number of hydrogen-bond acceptors (Lipinski definition) is 6. The lowest BCUT2D eigenvalue weighted by Crippen LogP contribution is -2.51. The molecule has 3 heterocycles. The highest BCUT2D eigenvalue weighted by atomic mass is 35.5. The molecule has 2 aromatic rings. The van der Waals surface area contributed by atoms with Crippen LogP contribution in [0, 0.1) is 11.8 Å². The highest BCUT2D eigenvalue weighted by Crippen LogP contribution is 2.41. The average molecular weight is 527 g/mol. The van der Waals surface area contributed by atoms with Gasteiger partial charge in [-0.3, -0.25) is 4.79 Å². The topological polar surface area (TPSA) is 112 Å². The van der Waals surface area contributed by atoms with Crippen LogP contribution in [0.3, 0.4) is 0 Å². The number of rotatable bonds is 5. The zero-order chi connectivity index (χ0) is 24.0. The third-order valence-corrected chi connectivity index (χ3v) is 9.13. The summed E-state index contributed by atoms with van der Waals surface area (Å²) < 4.78 is 35.7. The van der Waals surface area contributed by atoms with Gasteiger partial charge in [0.2, 0.25) is 0 Å². The Balaban J connectivity index is 1.45. The number of pyridine rings is 1. The standard InChI is InChI=1S/C22H24Cl2N4O5S/c23-16-5-2-6-17(24)20(16)22(30)26-19-8-7-18-21(25-19)28(11-15(12-29)33-18)34(31,32)27-9-13-3-1-4-14(13)10-27/h2,5-8,13-15,29H,1,3-4,9-12H2,(H,25,26,30)/t13?,14?,15-/m1/s1. The molecular formula is C22H24Cl2N4O5S. The molecule has 34 heavy (non-hydrogen) atoms. The number of anilines is 2. The van der Waals surface area contributed by atoms with Crippen LogP contribution in [0.1, 0.15) is 29.6 Å². The highest BCUT2D eigenvalue weighted by Gasteiger charge is 2.45. The summed E-state index contributed by atoms with van der Waals surface area (Å²) >= 11 is 12.3. The number of ether oxygens (including phenoxy) is 1. The van der Waals surface area contributed by atoms with Crippen LogP contribution in [-0.2, 0) is 10.2 Å². The molecule has 1 aromatic heterocycles. The third-order valence-electron chi connectivity index (χ3n) is 6.67. The predicted octanol–water partition coefficient (Wildman–Crippen LogP) is 3.18. The van der Waals surface area contributed by atoms with Crippen molar-refractivity contribution in [3.63, 3.8) is 0 Å². The number of aromatic nitrogens is 1. The first kappa shape index (κ1) is 23.6. The Morgan fingerprint density at radius 1 is 1.12 bits per heavy atom.